The minimum absolute atomic E-state index is 0.167. The van der Waals surface area contributed by atoms with E-state index in [1.165, 1.54) is 16.7 Å². The number of ketones is 1. The van der Waals surface area contributed by atoms with E-state index in [4.69, 9.17) is 16.6 Å². The van der Waals surface area contributed by atoms with Crippen LogP contribution < -0.4 is 0 Å². The molecule has 0 N–H and O–H groups in total. The molecule has 5 rings (SSSR count). The first-order valence-electron chi connectivity index (χ1n) is 16.4. The molecule has 44 heavy (non-hydrogen) atoms. The van der Waals surface area contributed by atoms with Crippen molar-refractivity contribution < 1.29 is 14.4 Å². The van der Waals surface area contributed by atoms with Gasteiger partial charge in [0, 0.05) is 77.9 Å². The van der Waals surface area contributed by atoms with Gasteiger partial charge in [-0.3, -0.25) is 19.4 Å². The molecule has 0 unspecified atom stereocenters. The number of unbranched alkanes of at least 4 members (excludes halogenated alkanes) is 2. The minimum Gasteiger partial charge on any atom is -0.343 e. The predicted octanol–water partition coefficient (Wildman–Crippen LogP) is 8.29. The van der Waals surface area contributed by atoms with Gasteiger partial charge in [0.05, 0.1) is 5.69 Å². The van der Waals surface area contributed by atoms with Crippen molar-refractivity contribution in [2.45, 2.75) is 96.3 Å². The summed E-state index contributed by atoms with van der Waals surface area (Å²) in [5, 5.41) is 0.752. The van der Waals surface area contributed by atoms with Crippen LogP contribution in [0.1, 0.15) is 106 Å². The van der Waals surface area contributed by atoms with Gasteiger partial charge in [0.1, 0.15) is 5.78 Å². The highest BCUT2D eigenvalue weighted by Gasteiger charge is 2.37. The molecule has 0 saturated carbocycles. The molecule has 9 heteroatoms. The van der Waals surface area contributed by atoms with Crippen molar-refractivity contribution in [3.05, 3.63) is 60.7 Å². The molecular formula is C35H44Br2ClN3O3. The topological polar surface area (TPSA) is 70.6 Å². The zero-order chi connectivity index (χ0) is 31.2. The highest BCUT2D eigenvalue weighted by Crippen LogP contribution is 2.46. The number of hydrogen-bond acceptors (Lipinski definition) is 4. The molecule has 1 aliphatic carbocycles. The van der Waals surface area contributed by atoms with Gasteiger partial charge in [-0.25, -0.2) is 0 Å². The van der Waals surface area contributed by atoms with Crippen LogP contribution in [0, 0.1) is 11.8 Å². The van der Waals surface area contributed by atoms with Gasteiger partial charge in [-0.15, -0.1) is 0 Å². The number of amides is 2. The Morgan fingerprint density at radius 1 is 0.864 bits per heavy atom. The van der Waals surface area contributed by atoms with E-state index in [-0.39, 0.29) is 17.7 Å². The van der Waals surface area contributed by atoms with Crippen LogP contribution in [0.5, 0.6) is 0 Å². The van der Waals surface area contributed by atoms with E-state index < -0.39 is 0 Å². The molecular weight excluding hydrogens is 706 g/mol. The third kappa shape index (κ3) is 8.33. The highest BCUT2D eigenvalue weighted by molar-refractivity contribution is 9.10. The number of rotatable bonds is 10. The second-order valence-corrected chi connectivity index (χ2v) is 15.0. The molecule has 2 aliphatic heterocycles. The average molecular weight is 750 g/mol. The van der Waals surface area contributed by atoms with Crippen LogP contribution in [0.15, 0.2) is 33.3 Å². The lowest BCUT2D eigenvalue weighted by Gasteiger charge is -2.38. The smallest absolute Gasteiger partial charge is 0.222 e. The molecule has 2 fully saturated rings. The molecule has 3 aliphatic rings. The molecule has 6 nitrogen and oxygen atoms in total. The molecule has 0 bridgehead atoms. The van der Waals surface area contributed by atoms with Gasteiger partial charge in [-0.1, -0.05) is 40.9 Å². The first-order chi connectivity index (χ1) is 21.2. The zero-order valence-corrected chi connectivity index (χ0v) is 29.7. The number of carbonyl (C=O) groups is 3. The van der Waals surface area contributed by atoms with E-state index in [2.05, 4.69) is 48.9 Å². The number of benzene rings is 1. The normalized spacial score (nSPS) is 19.3. The third-order valence-electron chi connectivity index (χ3n) is 9.95. The Labute approximate surface area is 283 Å². The monoisotopic (exact) mass is 747 g/mol. The molecule has 3 heterocycles. The predicted molar refractivity (Wildman–Crippen MR) is 182 cm³/mol. The number of halogens is 3. The number of carbonyl (C=O) groups excluding carboxylic acids is 3. The summed E-state index contributed by atoms with van der Waals surface area (Å²) >= 11 is 14.0. The summed E-state index contributed by atoms with van der Waals surface area (Å²) < 4.78 is 2.06. The molecule has 2 amide bonds. The van der Waals surface area contributed by atoms with Crippen LogP contribution in [0.25, 0.3) is 0 Å². The Morgan fingerprint density at radius 3 is 2.25 bits per heavy atom. The number of aryl methyl sites for hydroxylation is 2. The number of nitrogens with zero attached hydrogens (tertiary/aromatic N) is 3. The fourth-order valence-electron chi connectivity index (χ4n) is 7.39. The molecule has 0 radical (unpaired) electrons. The van der Waals surface area contributed by atoms with Crippen LogP contribution in [0.4, 0.5) is 0 Å². The van der Waals surface area contributed by atoms with E-state index >= 15 is 0 Å². The van der Waals surface area contributed by atoms with Crippen LogP contribution in [-0.4, -0.2) is 58.6 Å². The molecule has 1 atom stereocenters. The van der Waals surface area contributed by atoms with Gasteiger partial charge in [-0.2, -0.15) is 0 Å². The van der Waals surface area contributed by atoms with Gasteiger partial charge < -0.3 is 9.80 Å². The second kappa shape index (κ2) is 15.7. The van der Waals surface area contributed by atoms with Gasteiger partial charge in [0.25, 0.3) is 0 Å². The number of aromatic nitrogens is 1. The quantitative estimate of drug-likeness (QED) is 0.230. The summed E-state index contributed by atoms with van der Waals surface area (Å²) in [4.78, 5) is 46.5. The van der Waals surface area contributed by atoms with E-state index in [1.807, 2.05) is 24.1 Å². The summed E-state index contributed by atoms with van der Waals surface area (Å²) in [6.07, 6.45) is 12.5. The van der Waals surface area contributed by atoms with Crippen molar-refractivity contribution in [2.75, 3.05) is 26.2 Å². The number of hydrogen-bond donors (Lipinski definition) is 0. The maximum absolute atomic E-state index is 13.4. The van der Waals surface area contributed by atoms with Crippen LogP contribution in [0.2, 0.25) is 5.02 Å². The number of pyridine rings is 1. The largest absolute Gasteiger partial charge is 0.343 e. The van der Waals surface area contributed by atoms with Crippen LogP contribution in [0.3, 0.4) is 0 Å². The van der Waals surface area contributed by atoms with Crippen molar-refractivity contribution in [3.8, 4) is 0 Å². The Bertz CT molecular complexity index is 1350. The number of piperidine rings is 2. The number of Topliss-reactive ketones (excluding diaryl/α,β-unsaturated/α-hetero) is 1. The maximum atomic E-state index is 13.4. The summed E-state index contributed by atoms with van der Waals surface area (Å²) in [6.45, 7) is 4.93. The van der Waals surface area contributed by atoms with E-state index in [0.29, 0.717) is 43.3 Å². The third-order valence-corrected chi connectivity index (χ3v) is 11.3. The fourth-order valence-corrected chi connectivity index (χ4v) is 8.88. The summed E-state index contributed by atoms with van der Waals surface area (Å²) in [6, 6.07) is 6.34. The first kappa shape index (κ1) is 33.6. The lowest BCUT2D eigenvalue weighted by atomic mass is 9.76. The van der Waals surface area contributed by atoms with Crippen LogP contribution in [-0.2, 0) is 27.2 Å². The fraction of sp³-hybridized carbons (Fsp3) is 0.600. The minimum atomic E-state index is 0.167. The zero-order valence-electron chi connectivity index (χ0n) is 25.8. The van der Waals surface area contributed by atoms with Crippen molar-refractivity contribution in [1.29, 1.82) is 0 Å². The SMILES string of the molecule is CCC(=O)CCCCCC(=O)N1CCC(CC(=O)N2CCC([C@H]3c4ncc(Br)cc4CCc4cc(Cl)cc(Br)c43)CC2)CC1. The Kier molecular flexibility index (Phi) is 12.0. The van der Waals surface area contributed by atoms with Crippen molar-refractivity contribution in [3.63, 3.8) is 0 Å². The Hall–Kier alpha value is -1.77. The standard InChI is InChI=1S/C35H44Br2ClN3O3/c1-2-29(42)6-4-3-5-7-31(43)40-14-10-23(11-15-40)18-32(44)41-16-12-24(13-17-41)34-33-25(20-28(38)21-30(33)37)8-9-26-19-27(36)22-39-35(26)34/h19-24,34H,2-18H2,1H3/t34-/m1/s1. The van der Waals surface area contributed by atoms with Crippen molar-refractivity contribution in [1.82, 2.24) is 14.8 Å². The Balaban J connectivity index is 1.12. The van der Waals surface area contributed by atoms with Gasteiger partial charge >= 0.3 is 0 Å². The van der Waals surface area contributed by atoms with E-state index in [9.17, 15) is 14.4 Å². The average Bonchev–Trinajstić information content (AvgIpc) is 3.17. The van der Waals surface area contributed by atoms with E-state index in [0.717, 1.165) is 104 Å². The molecule has 1 aromatic carbocycles. The lowest BCUT2D eigenvalue weighted by Crippen LogP contribution is -2.43. The van der Waals surface area contributed by atoms with Gasteiger partial charge in [0.2, 0.25) is 11.8 Å². The summed E-state index contributed by atoms with van der Waals surface area (Å²) in [5.41, 5.74) is 5.04. The van der Waals surface area contributed by atoms with Crippen LogP contribution >= 0.6 is 43.5 Å². The Morgan fingerprint density at radius 2 is 1.52 bits per heavy atom. The molecule has 1 aromatic heterocycles. The number of likely N-dealkylation sites (tertiary alicyclic amines) is 2. The lowest BCUT2D eigenvalue weighted by molar-refractivity contribution is -0.135. The summed E-state index contributed by atoms with van der Waals surface area (Å²) in [7, 11) is 0. The van der Waals surface area contributed by atoms with Gasteiger partial charge in [-0.05, 0) is 114 Å². The first-order valence-corrected chi connectivity index (χ1v) is 18.4. The van der Waals surface area contributed by atoms with E-state index in [1.54, 1.807) is 0 Å². The number of fused-ring (bicyclic) bond motifs is 2. The van der Waals surface area contributed by atoms with Gasteiger partial charge in [0.15, 0.2) is 0 Å². The highest BCUT2D eigenvalue weighted by atomic mass is 79.9. The molecule has 2 aromatic rings. The second-order valence-electron chi connectivity index (χ2n) is 12.8. The molecule has 0 spiro atoms. The van der Waals surface area contributed by atoms with Crippen molar-refractivity contribution in [2.24, 2.45) is 11.8 Å². The molecule has 2 saturated heterocycles. The van der Waals surface area contributed by atoms with Crippen molar-refractivity contribution >= 4 is 61.1 Å². The maximum Gasteiger partial charge on any atom is 0.222 e. The molecule has 238 valence electrons. The summed E-state index contributed by atoms with van der Waals surface area (Å²) in [5.74, 6) is 1.68.